The predicted molar refractivity (Wildman–Crippen MR) is 162 cm³/mol. The average Bonchev–Trinajstić information content (AvgIpc) is 2.94. The van der Waals surface area contributed by atoms with Crippen molar-refractivity contribution >= 4 is 71.2 Å². The van der Waals surface area contributed by atoms with Gasteiger partial charge in [0.05, 0.1) is 11.8 Å². The minimum atomic E-state index is 0.474. The number of rotatable bonds is 10. The summed E-state index contributed by atoms with van der Waals surface area (Å²) >= 11 is 13.7. The molecule has 2 fully saturated rings. The number of aromatic nitrogens is 6. The van der Waals surface area contributed by atoms with E-state index in [1.165, 1.54) is 38.5 Å². The van der Waals surface area contributed by atoms with Crippen LogP contribution in [0.5, 0.6) is 0 Å². The van der Waals surface area contributed by atoms with Gasteiger partial charge in [-0.1, -0.05) is 23.5 Å². The Balaban J connectivity index is 1.08. The van der Waals surface area contributed by atoms with Gasteiger partial charge in [0, 0.05) is 37.6 Å². The molecule has 0 saturated carbocycles. The van der Waals surface area contributed by atoms with Gasteiger partial charge < -0.3 is 30.4 Å². The van der Waals surface area contributed by atoms with Crippen LogP contribution in [0.3, 0.4) is 0 Å². The lowest BCUT2D eigenvalue weighted by molar-refractivity contribution is 0.564. The average molecular weight is 589 g/mol. The van der Waals surface area contributed by atoms with Crippen molar-refractivity contribution in [3.8, 4) is 0 Å². The first-order chi connectivity index (χ1) is 18.6. The molecular formula is C24H32N10S4. The largest absolute Gasteiger partial charge is 0.376 e. The minimum Gasteiger partial charge on any atom is -0.376 e. The van der Waals surface area contributed by atoms with Gasteiger partial charge in [-0.15, -0.1) is 0 Å². The van der Waals surface area contributed by atoms with Gasteiger partial charge in [0.15, 0.2) is 10.3 Å². The first-order valence-electron chi connectivity index (χ1n) is 12.9. The molecule has 5 rings (SSSR count). The highest BCUT2D eigenvalue weighted by Gasteiger charge is 2.15. The molecule has 2 aliphatic rings. The maximum atomic E-state index is 5.33. The Morgan fingerprint density at radius 1 is 0.632 bits per heavy atom. The maximum Gasteiger partial charge on any atom is 0.207 e. The van der Waals surface area contributed by atoms with Gasteiger partial charge in [-0.25, -0.2) is 0 Å². The van der Waals surface area contributed by atoms with Crippen molar-refractivity contribution in [2.45, 2.75) is 48.8 Å². The van der Waals surface area contributed by atoms with Crippen molar-refractivity contribution in [1.82, 2.24) is 29.9 Å². The summed E-state index contributed by atoms with van der Waals surface area (Å²) in [6, 6.07) is 8.20. The quantitative estimate of drug-likeness (QED) is 0.133. The van der Waals surface area contributed by atoms with E-state index in [4.69, 9.17) is 24.4 Å². The molecule has 4 heterocycles. The molecule has 14 heteroatoms. The Kier molecular flexibility index (Phi) is 9.71. The van der Waals surface area contributed by atoms with Crippen LogP contribution in [0.4, 0.5) is 23.3 Å². The number of anilines is 4. The lowest BCUT2D eigenvalue weighted by Gasteiger charge is -2.27. The van der Waals surface area contributed by atoms with Gasteiger partial charge >= 0.3 is 0 Å². The lowest BCUT2D eigenvalue weighted by Crippen LogP contribution is -2.31. The number of hydrogen-bond acceptors (Lipinski definition) is 12. The summed E-state index contributed by atoms with van der Waals surface area (Å²) < 4.78 is 0.948. The summed E-state index contributed by atoms with van der Waals surface area (Å²) in [4.78, 5) is 28.9. The Morgan fingerprint density at radius 3 is 1.42 bits per heavy atom. The summed E-state index contributed by atoms with van der Waals surface area (Å²) in [5.74, 6) is 2.94. The van der Waals surface area contributed by atoms with Crippen molar-refractivity contribution in [2.75, 3.05) is 58.4 Å². The van der Waals surface area contributed by atoms with Crippen molar-refractivity contribution in [2.24, 2.45) is 0 Å². The van der Waals surface area contributed by atoms with Crippen LogP contribution in [0, 0.1) is 9.54 Å². The van der Waals surface area contributed by atoms with E-state index in [-0.39, 0.29) is 0 Å². The third-order valence-corrected chi connectivity index (χ3v) is 8.23. The topological polar surface area (TPSA) is 114 Å². The monoisotopic (exact) mass is 588 g/mol. The Bertz CT molecular complexity index is 1200. The summed E-state index contributed by atoms with van der Waals surface area (Å²) in [7, 11) is 0. The Hall–Kier alpha value is -2.42. The summed E-state index contributed by atoms with van der Waals surface area (Å²) in [6.07, 6.45) is 7.30. The number of hydrogen-bond donors (Lipinski definition) is 4. The van der Waals surface area contributed by atoms with Gasteiger partial charge in [-0.05, 0) is 87.2 Å². The molecule has 3 aromatic rings. The van der Waals surface area contributed by atoms with Crippen LogP contribution < -0.4 is 20.4 Å². The molecule has 38 heavy (non-hydrogen) atoms. The first-order valence-corrected chi connectivity index (χ1v) is 15.7. The second-order valence-electron chi connectivity index (χ2n) is 9.12. The maximum absolute atomic E-state index is 5.33. The molecule has 1 aromatic carbocycles. The number of benzene rings is 1. The van der Waals surface area contributed by atoms with Crippen molar-refractivity contribution < 1.29 is 0 Å². The molecular weight excluding hydrogens is 557 g/mol. The van der Waals surface area contributed by atoms with E-state index < -0.39 is 0 Å². The molecule has 0 spiro atoms. The molecule has 0 unspecified atom stereocenters. The van der Waals surface area contributed by atoms with E-state index >= 15 is 0 Å². The fourth-order valence-corrected chi connectivity index (χ4v) is 6.24. The SMILES string of the molecule is S=c1nc(SCNc2ccc(NCSc3nc(N4CCCCC4)[nH]c(=S)n3)cc2)nc(N2CCCCC2)[nH]1. The summed E-state index contributed by atoms with van der Waals surface area (Å²) in [6.45, 7) is 4.04. The van der Waals surface area contributed by atoms with E-state index in [0.717, 1.165) is 49.5 Å². The molecule has 0 bridgehead atoms. The van der Waals surface area contributed by atoms with E-state index in [1.54, 1.807) is 23.5 Å². The third kappa shape index (κ3) is 7.80. The fourth-order valence-electron chi connectivity index (χ4n) is 4.42. The second kappa shape index (κ2) is 13.6. The fraction of sp³-hybridized carbons (Fsp3) is 0.500. The zero-order chi connectivity index (χ0) is 26.2. The van der Waals surface area contributed by atoms with Crippen molar-refractivity contribution in [3.63, 3.8) is 0 Å². The van der Waals surface area contributed by atoms with Gasteiger partial charge in [-0.2, -0.15) is 19.9 Å². The Morgan fingerprint density at radius 2 is 1.03 bits per heavy atom. The van der Waals surface area contributed by atoms with E-state index in [1.807, 2.05) is 0 Å². The van der Waals surface area contributed by atoms with E-state index in [2.05, 4.69) is 74.6 Å². The smallest absolute Gasteiger partial charge is 0.207 e. The molecule has 2 saturated heterocycles. The molecule has 0 aliphatic carbocycles. The van der Waals surface area contributed by atoms with Gasteiger partial charge in [0.25, 0.3) is 0 Å². The zero-order valence-corrected chi connectivity index (χ0v) is 24.4. The van der Waals surface area contributed by atoms with Crippen LogP contribution in [0.1, 0.15) is 38.5 Å². The van der Waals surface area contributed by atoms with Crippen molar-refractivity contribution in [3.05, 3.63) is 33.8 Å². The van der Waals surface area contributed by atoms with Crippen LogP contribution in [0.25, 0.3) is 0 Å². The lowest BCUT2D eigenvalue weighted by atomic mass is 10.1. The van der Waals surface area contributed by atoms with Crippen LogP contribution in [-0.4, -0.2) is 67.8 Å². The molecule has 2 aliphatic heterocycles. The van der Waals surface area contributed by atoms with Crippen molar-refractivity contribution in [1.29, 1.82) is 0 Å². The standard InChI is InChI=1S/C24H32N10S4/c35-21-27-19(33-11-3-1-4-12-33)29-23(31-21)37-15-25-17-7-9-18(10-8-17)26-16-38-24-30-20(28-22(36)32-24)34-13-5-2-6-14-34/h7-10,25-26H,1-6,11-16H2,(H,27,29,31,35)(H,28,30,32,36). The molecule has 10 nitrogen and oxygen atoms in total. The predicted octanol–water partition coefficient (Wildman–Crippen LogP) is 5.69. The number of aromatic amines is 2. The van der Waals surface area contributed by atoms with Crippen LogP contribution in [-0.2, 0) is 0 Å². The molecule has 202 valence electrons. The molecule has 2 aromatic heterocycles. The summed E-state index contributed by atoms with van der Waals surface area (Å²) in [5, 5.41) is 8.20. The molecule has 0 atom stereocenters. The number of nitrogens with zero attached hydrogens (tertiary/aromatic N) is 6. The first kappa shape index (κ1) is 27.2. The number of nitrogens with one attached hydrogen (secondary N) is 4. The van der Waals surface area contributed by atoms with Crippen LogP contribution in [0.15, 0.2) is 34.6 Å². The summed E-state index contributed by atoms with van der Waals surface area (Å²) in [5.41, 5.74) is 2.05. The van der Waals surface area contributed by atoms with Gasteiger partial charge in [-0.3, -0.25) is 0 Å². The number of thioether (sulfide) groups is 2. The Labute approximate surface area is 241 Å². The highest BCUT2D eigenvalue weighted by molar-refractivity contribution is 7.99. The highest BCUT2D eigenvalue weighted by Crippen LogP contribution is 2.22. The van der Waals surface area contributed by atoms with E-state index in [9.17, 15) is 0 Å². The van der Waals surface area contributed by atoms with Gasteiger partial charge in [0.2, 0.25) is 21.4 Å². The van der Waals surface area contributed by atoms with Crippen LogP contribution in [0.2, 0.25) is 0 Å². The molecule has 0 radical (unpaired) electrons. The van der Waals surface area contributed by atoms with E-state index in [0.29, 0.717) is 31.6 Å². The second-order valence-corrected chi connectivity index (χ2v) is 11.8. The van der Waals surface area contributed by atoms with Gasteiger partial charge in [0.1, 0.15) is 0 Å². The number of H-pyrrole nitrogens is 2. The minimum absolute atomic E-state index is 0.474. The molecule has 0 amide bonds. The molecule has 4 N–H and O–H groups in total. The zero-order valence-electron chi connectivity index (χ0n) is 21.1. The normalized spacial score (nSPS) is 15.9. The van der Waals surface area contributed by atoms with Crippen LogP contribution >= 0.6 is 48.0 Å². The third-order valence-electron chi connectivity index (χ3n) is 6.39. The number of piperidine rings is 2. The highest BCUT2D eigenvalue weighted by atomic mass is 32.2.